The number of aryl methyl sites for hydroxylation is 2. The number of anilines is 2. The predicted molar refractivity (Wildman–Crippen MR) is 117 cm³/mol. The molecule has 0 fully saturated rings. The van der Waals surface area contributed by atoms with Gasteiger partial charge >= 0.3 is 0 Å². The number of sulfonamides is 1. The van der Waals surface area contributed by atoms with Crippen LogP contribution in [0.15, 0.2) is 24.3 Å². The molecule has 160 valence electrons. The normalized spacial score (nSPS) is 10.8. The van der Waals surface area contributed by atoms with Crippen LogP contribution in [-0.4, -0.2) is 44.6 Å². The lowest BCUT2D eigenvalue weighted by Crippen LogP contribution is -2.34. The number of nitrogens with zero attached hydrogens (tertiary/aromatic N) is 1. The van der Waals surface area contributed by atoms with Crippen molar-refractivity contribution in [3.63, 3.8) is 0 Å². The van der Waals surface area contributed by atoms with Crippen molar-refractivity contribution >= 4 is 56.4 Å². The Labute approximate surface area is 179 Å². The van der Waals surface area contributed by atoms with Gasteiger partial charge < -0.3 is 16.4 Å². The maximum Gasteiger partial charge on any atom is 0.263 e. The lowest BCUT2D eigenvalue weighted by atomic mass is 10.1. The molecule has 0 unspecified atom stereocenters. The number of aromatic nitrogens is 1. The molecule has 12 heteroatoms. The van der Waals surface area contributed by atoms with E-state index in [0.717, 1.165) is 23.2 Å². The van der Waals surface area contributed by atoms with Gasteiger partial charge in [0.1, 0.15) is 4.88 Å². The lowest BCUT2D eigenvalue weighted by Gasteiger charge is -2.06. The summed E-state index contributed by atoms with van der Waals surface area (Å²) < 4.78 is 24.4. The van der Waals surface area contributed by atoms with Crippen molar-refractivity contribution in [3.05, 3.63) is 40.4 Å². The largest absolute Gasteiger partial charge is 0.399 e. The molecule has 1 aromatic heterocycles. The summed E-state index contributed by atoms with van der Waals surface area (Å²) in [4.78, 5) is 28.5. The Balaban J connectivity index is 0.00000420. The molecule has 0 aliphatic carbocycles. The summed E-state index contributed by atoms with van der Waals surface area (Å²) in [6.45, 7) is 1.59. The van der Waals surface area contributed by atoms with Gasteiger partial charge in [0, 0.05) is 25.7 Å². The van der Waals surface area contributed by atoms with Gasteiger partial charge in [-0.15, -0.1) is 12.4 Å². The molecule has 2 aromatic rings. The van der Waals surface area contributed by atoms with Crippen molar-refractivity contribution < 1.29 is 18.0 Å². The number of benzene rings is 1. The van der Waals surface area contributed by atoms with E-state index in [-0.39, 0.29) is 37.3 Å². The Hall–Kier alpha value is -2.21. The van der Waals surface area contributed by atoms with Crippen LogP contribution in [-0.2, 0) is 27.7 Å². The first-order valence-electron chi connectivity index (χ1n) is 8.48. The zero-order valence-corrected chi connectivity index (χ0v) is 18.5. The van der Waals surface area contributed by atoms with Crippen molar-refractivity contribution in [3.8, 4) is 0 Å². The van der Waals surface area contributed by atoms with Crippen molar-refractivity contribution in [2.45, 2.75) is 19.8 Å². The van der Waals surface area contributed by atoms with Crippen LogP contribution in [0.1, 0.15) is 27.9 Å². The molecule has 0 bridgehead atoms. The summed E-state index contributed by atoms with van der Waals surface area (Å²) in [5.41, 5.74) is 7.98. The van der Waals surface area contributed by atoms with Crippen molar-refractivity contribution in [2.75, 3.05) is 30.4 Å². The Bertz CT molecular complexity index is 945. The summed E-state index contributed by atoms with van der Waals surface area (Å²) in [7, 11) is -3.31. The van der Waals surface area contributed by atoms with E-state index < -0.39 is 10.0 Å². The fourth-order valence-electron chi connectivity index (χ4n) is 2.34. The number of halogens is 1. The molecular weight excluding hydrogens is 438 g/mol. The predicted octanol–water partition coefficient (Wildman–Crippen LogP) is 1.17. The van der Waals surface area contributed by atoms with Crippen LogP contribution >= 0.6 is 23.7 Å². The third-order valence-electron chi connectivity index (χ3n) is 3.59. The monoisotopic (exact) mass is 461 g/mol. The number of nitrogens with one attached hydrogen (secondary N) is 3. The molecule has 0 saturated carbocycles. The first kappa shape index (κ1) is 24.8. The molecule has 0 aliphatic rings. The average molecular weight is 462 g/mol. The standard InChI is InChI=1S/C17H23N5O4S2.ClH/c1-11(23)21-17-22-14(8-5-12-3-6-13(18)7-4-12)15(27-17)16(24)19-9-10-20-28(2,25)26;/h3-4,6-7,20H,5,8-10,18H2,1-2H3,(H,19,24)(H,21,22,23);1H. The van der Waals surface area contributed by atoms with Crippen LogP contribution in [0.25, 0.3) is 0 Å². The highest BCUT2D eigenvalue weighted by Gasteiger charge is 2.18. The molecule has 29 heavy (non-hydrogen) atoms. The quantitative estimate of drug-likeness (QED) is 0.326. The zero-order chi connectivity index (χ0) is 20.7. The molecule has 0 saturated heterocycles. The third-order valence-corrected chi connectivity index (χ3v) is 5.33. The molecular formula is C17H24ClN5O4S2. The van der Waals surface area contributed by atoms with Gasteiger partial charge in [-0.1, -0.05) is 23.5 Å². The molecule has 5 N–H and O–H groups in total. The summed E-state index contributed by atoms with van der Waals surface area (Å²) in [6, 6.07) is 7.43. The van der Waals surface area contributed by atoms with Crippen LogP contribution in [0.4, 0.5) is 10.8 Å². The van der Waals surface area contributed by atoms with Crippen molar-refractivity contribution in [2.24, 2.45) is 0 Å². The van der Waals surface area contributed by atoms with Gasteiger partial charge in [-0.25, -0.2) is 18.1 Å². The van der Waals surface area contributed by atoms with Crippen molar-refractivity contribution in [1.82, 2.24) is 15.0 Å². The van der Waals surface area contributed by atoms with E-state index in [0.29, 0.717) is 34.2 Å². The van der Waals surface area contributed by atoms with Crippen molar-refractivity contribution in [1.29, 1.82) is 0 Å². The number of nitrogen functional groups attached to an aromatic ring is 1. The van der Waals surface area contributed by atoms with Crippen LogP contribution in [0.5, 0.6) is 0 Å². The number of carbonyl (C=O) groups is 2. The van der Waals surface area contributed by atoms with Gasteiger partial charge in [0.2, 0.25) is 15.9 Å². The first-order chi connectivity index (χ1) is 13.1. The van der Waals surface area contributed by atoms with Crippen LogP contribution in [0.2, 0.25) is 0 Å². The van der Waals surface area contributed by atoms with E-state index in [2.05, 4.69) is 20.3 Å². The number of nitrogens with two attached hydrogens (primary N) is 1. The summed E-state index contributed by atoms with van der Waals surface area (Å²) in [5.74, 6) is -0.639. The van der Waals surface area contributed by atoms with Crippen LogP contribution < -0.4 is 21.1 Å². The Morgan fingerprint density at radius 1 is 1.14 bits per heavy atom. The fourth-order valence-corrected chi connectivity index (χ4v) is 3.79. The van der Waals surface area contributed by atoms with E-state index in [9.17, 15) is 18.0 Å². The van der Waals surface area contributed by atoms with Gasteiger partial charge in [-0.2, -0.15) is 0 Å². The molecule has 2 amide bonds. The number of hydrogen-bond acceptors (Lipinski definition) is 7. The van der Waals surface area contributed by atoms with Gasteiger partial charge in [0.05, 0.1) is 11.9 Å². The third kappa shape index (κ3) is 8.77. The van der Waals surface area contributed by atoms with E-state index in [1.807, 2.05) is 24.3 Å². The fraction of sp³-hybridized carbons (Fsp3) is 0.353. The lowest BCUT2D eigenvalue weighted by molar-refractivity contribution is -0.114. The SMILES string of the molecule is CC(=O)Nc1nc(CCc2ccc(N)cc2)c(C(=O)NCCNS(C)(=O)=O)s1.Cl. The summed E-state index contributed by atoms with van der Waals surface area (Å²) in [6.07, 6.45) is 2.21. The maximum atomic E-state index is 12.5. The smallest absolute Gasteiger partial charge is 0.263 e. The maximum absolute atomic E-state index is 12.5. The van der Waals surface area contributed by atoms with Gasteiger partial charge in [-0.05, 0) is 30.5 Å². The number of carbonyl (C=O) groups excluding carboxylic acids is 2. The van der Waals surface area contributed by atoms with E-state index in [4.69, 9.17) is 5.73 Å². The molecule has 0 spiro atoms. The second-order valence-corrected chi connectivity index (χ2v) is 8.97. The van der Waals surface area contributed by atoms with Gasteiger partial charge in [0.15, 0.2) is 5.13 Å². The van der Waals surface area contributed by atoms with Crippen LogP contribution in [0, 0.1) is 0 Å². The number of hydrogen-bond donors (Lipinski definition) is 4. The number of rotatable bonds is 9. The average Bonchev–Trinajstić information content (AvgIpc) is 2.99. The van der Waals surface area contributed by atoms with Gasteiger partial charge in [-0.3, -0.25) is 9.59 Å². The molecule has 1 aromatic carbocycles. The molecule has 0 atom stereocenters. The Kier molecular flexibility index (Phi) is 9.50. The molecule has 1 heterocycles. The minimum atomic E-state index is -3.31. The van der Waals surface area contributed by atoms with E-state index in [1.54, 1.807) is 0 Å². The molecule has 9 nitrogen and oxygen atoms in total. The topological polar surface area (TPSA) is 143 Å². The molecule has 2 rings (SSSR count). The highest BCUT2D eigenvalue weighted by Crippen LogP contribution is 2.24. The van der Waals surface area contributed by atoms with E-state index >= 15 is 0 Å². The highest BCUT2D eigenvalue weighted by atomic mass is 35.5. The number of amides is 2. The second kappa shape index (κ2) is 11.1. The minimum absolute atomic E-state index is 0. The Morgan fingerprint density at radius 2 is 1.79 bits per heavy atom. The molecule has 0 radical (unpaired) electrons. The number of thiazole rings is 1. The van der Waals surface area contributed by atoms with E-state index in [1.165, 1.54) is 6.92 Å². The molecule has 0 aliphatic heterocycles. The summed E-state index contributed by atoms with van der Waals surface area (Å²) >= 11 is 1.08. The minimum Gasteiger partial charge on any atom is -0.399 e. The Morgan fingerprint density at radius 3 is 2.38 bits per heavy atom. The summed E-state index contributed by atoms with van der Waals surface area (Å²) in [5, 5.41) is 5.60. The second-order valence-electron chi connectivity index (χ2n) is 6.14. The van der Waals surface area contributed by atoms with Gasteiger partial charge in [0.25, 0.3) is 5.91 Å². The zero-order valence-electron chi connectivity index (χ0n) is 16.0. The highest BCUT2D eigenvalue weighted by molar-refractivity contribution is 7.88. The van der Waals surface area contributed by atoms with Crippen LogP contribution in [0.3, 0.4) is 0 Å². The first-order valence-corrected chi connectivity index (χ1v) is 11.2.